The molecule has 1 aliphatic heterocycles. The summed E-state index contributed by atoms with van der Waals surface area (Å²) in [5.74, 6) is 0.708. The first kappa shape index (κ1) is 28.8. The Morgan fingerprint density at radius 1 is 0.844 bits per heavy atom. The van der Waals surface area contributed by atoms with Gasteiger partial charge in [0.1, 0.15) is 16.9 Å². The van der Waals surface area contributed by atoms with Gasteiger partial charge in [0.15, 0.2) is 5.58 Å². The number of carbonyl (C=O) groups excluding carboxylic acids is 1. The molecule has 0 saturated carbocycles. The van der Waals surface area contributed by atoms with Crippen LogP contribution in [-0.2, 0) is 0 Å². The number of likely N-dealkylation sites (N-methyl/N-ethyl adjacent to an activating group) is 1. The second-order valence-electron chi connectivity index (χ2n) is 11.8. The number of oxazole rings is 1. The van der Waals surface area contributed by atoms with Gasteiger partial charge in [0.05, 0.1) is 11.0 Å². The average Bonchev–Trinajstić information content (AvgIpc) is 3.48. The Balaban J connectivity index is 1.33. The van der Waals surface area contributed by atoms with Crippen molar-refractivity contribution in [3.8, 4) is 11.3 Å². The molecular weight excluding hydrogens is 562 g/mol. The van der Waals surface area contributed by atoms with Crippen molar-refractivity contribution in [2.45, 2.75) is 20.8 Å². The molecule has 6 aromatic rings. The molecule has 0 radical (unpaired) electrons. The quantitative estimate of drug-likeness (QED) is 0.189. The summed E-state index contributed by atoms with van der Waals surface area (Å²) in [7, 11) is 2.14. The summed E-state index contributed by atoms with van der Waals surface area (Å²) in [6.07, 6.45) is 0. The van der Waals surface area contributed by atoms with E-state index in [4.69, 9.17) is 18.8 Å². The van der Waals surface area contributed by atoms with Gasteiger partial charge >= 0.3 is 0 Å². The fourth-order valence-electron chi connectivity index (χ4n) is 5.98. The fourth-order valence-corrected chi connectivity index (χ4v) is 5.98. The number of carbonyl (C=O) groups is 1. The number of aromatic nitrogens is 1. The van der Waals surface area contributed by atoms with Crippen molar-refractivity contribution in [2.75, 3.05) is 51.2 Å². The van der Waals surface area contributed by atoms with Gasteiger partial charge in [-0.15, -0.1) is 0 Å². The zero-order valence-electron chi connectivity index (χ0n) is 26.2. The maximum atomic E-state index is 12.9. The first-order chi connectivity index (χ1) is 21.9. The fraction of sp³-hybridized carbons (Fsp3) is 0.270. The van der Waals surface area contributed by atoms with Crippen LogP contribution in [0.4, 0.5) is 11.7 Å². The first-order valence-electron chi connectivity index (χ1n) is 15.7. The maximum absolute atomic E-state index is 12.9. The Hall–Kier alpha value is -4.95. The van der Waals surface area contributed by atoms with E-state index in [2.05, 4.69) is 54.1 Å². The molecule has 0 aliphatic carbocycles. The van der Waals surface area contributed by atoms with E-state index in [1.165, 1.54) is 5.56 Å². The van der Waals surface area contributed by atoms with Crippen molar-refractivity contribution < 1.29 is 13.6 Å². The van der Waals surface area contributed by atoms with Crippen LogP contribution in [0.15, 0.2) is 92.7 Å². The Labute approximate surface area is 262 Å². The van der Waals surface area contributed by atoms with Gasteiger partial charge in [-0.2, -0.15) is 4.98 Å². The molecule has 0 unspecified atom stereocenters. The molecule has 1 amide bonds. The summed E-state index contributed by atoms with van der Waals surface area (Å²) in [6, 6.07) is 26.8. The molecule has 0 bridgehead atoms. The van der Waals surface area contributed by atoms with E-state index in [1.807, 2.05) is 67.3 Å². The van der Waals surface area contributed by atoms with Gasteiger partial charge < -0.3 is 23.5 Å². The van der Waals surface area contributed by atoms with Crippen LogP contribution >= 0.6 is 0 Å². The average molecular weight is 600 g/mol. The lowest BCUT2D eigenvalue weighted by Crippen LogP contribution is -2.44. The van der Waals surface area contributed by atoms with E-state index in [0.29, 0.717) is 30.4 Å². The van der Waals surface area contributed by atoms with E-state index in [0.717, 1.165) is 75.6 Å². The maximum Gasteiger partial charge on any atom is 0.298 e. The van der Waals surface area contributed by atoms with Crippen LogP contribution in [0.1, 0.15) is 29.8 Å². The van der Waals surface area contributed by atoms with Gasteiger partial charge in [0.2, 0.25) is 0 Å². The highest BCUT2D eigenvalue weighted by Crippen LogP contribution is 2.31. The van der Waals surface area contributed by atoms with Crippen LogP contribution in [-0.4, -0.2) is 67.0 Å². The molecule has 1 aliphatic rings. The number of piperazine rings is 1. The lowest BCUT2D eigenvalue weighted by atomic mass is 10.0. The zero-order valence-corrected chi connectivity index (χ0v) is 26.2. The Kier molecular flexibility index (Phi) is 7.59. The monoisotopic (exact) mass is 599 g/mol. The van der Waals surface area contributed by atoms with Crippen molar-refractivity contribution in [1.29, 1.82) is 0 Å². The van der Waals surface area contributed by atoms with Crippen molar-refractivity contribution in [1.82, 2.24) is 14.8 Å². The van der Waals surface area contributed by atoms with Crippen molar-refractivity contribution in [2.24, 2.45) is 4.99 Å². The second kappa shape index (κ2) is 11.9. The summed E-state index contributed by atoms with van der Waals surface area (Å²) >= 11 is 0. The van der Waals surface area contributed by atoms with E-state index in [-0.39, 0.29) is 5.91 Å². The molecule has 0 spiro atoms. The van der Waals surface area contributed by atoms with Gasteiger partial charge in [-0.25, -0.2) is 4.99 Å². The van der Waals surface area contributed by atoms with Crippen LogP contribution in [0.5, 0.6) is 0 Å². The highest BCUT2D eigenvalue weighted by atomic mass is 16.4. The van der Waals surface area contributed by atoms with Crippen LogP contribution in [0.2, 0.25) is 0 Å². The van der Waals surface area contributed by atoms with Gasteiger partial charge in [-0.3, -0.25) is 4.79 Å². The topological polar surface area (TPSA) is 78.3 Å². The number of fused-ring (bicyclic) bond motifs is 3. The summed E-state index contributed by atoms with van der Waals surface area (Å²) in [5, 5.41) is 3.92. The molecular formula is C37H37N5O3. The number of amides is 1. The Morgan fingerprint density at radius 2 is 1.62 bits per heavy atom. The molecule has 1 fully saturated rings. The van der Waals surface area contributed by atoms with Crippen molar-refractivity contribution in [3.05, 3.63) is 95.3 Å². The number of hydrogen-bond donors (Lipinski definition) is 0. The van der Waals surface area contributed by atoms with Gasteiger partial charge in [-0.1, -0.05) is 23.8 Å². The highest BCUT2D eigenvalue weighted by Gasteiger charge is 2.20. The molecule has 0 N–H and O–H groups in total. The van der Waals surface area contributed by atoms with Gasteiger partial charge in [0, 0.05) is 61.8 Å². The molecule has 8 nitrogen and oxygen atoms in total. The SMILES string of the molecule is CCN(CC)C(=O)c1ccc(N=c2cc(-c3ccc4nc(N5CCN(C)CC5)oc4c3)oc3cc4cc(C)ccc4cc23)cc1. The lowest BCUT2D eigenvalue weighted by molar-refractivity contribution is 0.0773. The molecule has 228 valence electrons. The Bertz CT molecular complexity index is 2100. The molecule has 2 aromatic heterocycles. The summed E-state index contributed by atoms with van der Waals surface area (Å²) in [5.41, 5.74) is 5.77. The third-order valence-corrected chi connectivity index (χ3v) is 8.71. The molecule has 1 saturated heterocycles. The minimum Gasteiger partial charge on any atom is -0.456 e. The smallest absolute Gasteiger partial charge is 0.298 e. The molecule has 4 aromatic carbocycles. The van der Waals surface area contributed by atoms with Gasteiger partial charge in [0.25, 0.3) is 11.9 Å². The van der Waals surface area contributed by atoms with Crippen LogP contribution in [0.25, 0.3) is 44.2 Å². The molecule has 3 heterocycles. The summed E-state index contributed by atoms with van der Waals surface area (Å²) in [4.78, 5) is 29.0. The van der Waals surface area contributed by atoms with Gasteiger partial charge in [-0.05, 0) is 93.2 Å². The predicted octanol–water partition coefficient (Wildman–Crippen LogP) is 7.17. The third-order valence-electron chi connectivity index (χ3n) is 8.71. The second-order valence-corrected chi connectivity index (χ2v) is 11.8. The number of hydrogen-bond acceptors (Lipinski definition) is 7. The minimum atomic E-state index is 0.0261. The number of anilines is 1. The van der Waals surface area contributed by atoms with Crippen LogP contribution < -0.4 is 10.3 Å². The van der Waals surface area contributed by atoms with E-state index in [9.17, 15) is 4.79 Å². The minimum absolute atomic E-state index is 0.0261. The van der Waals surface area contributed by atoms with Crippen molar-refractivity contribution >= 4 is 50.5 Å². The number of aryl methyl sites for hydroxylation is 1. The third kappa shape index (κ3) is 5.69. The highest BCUT2D eigenvalue weighted by molar-refractivity contribution is 5.97. The Morgan fingerprint density at radius 3 is 2.38 bits per heavy atom. The van der Waals surface area contributed by atoms with Crippen molar-refractivity contribution in [3.63, 3.8) is 0 Å². The first-order valence-corrected chi connectivity index (χ1v) is 15.7. The summed E-state index contributed by atoms with van der Waals surface area (Å²) < 4.78 is 12.8. The van der Waals surface area contributed by atoms with Crippen LogP contribution in [0.3, 0.4) is 0 Å². The van der Waals surface area contributed by atoms with E-state index < -0.39 is 0 Å². The molecule has 0 atom stereocenters. The lowest BCUT2D eigenvalue weighted by Gasteiger charge is -2.31. The van der Waals surface area contributed by atoms with E-state index in [1.54, 1.807) is 0 Å². The largest absolute Gasteiger partial charge is 0.456 e. The van der Waals surface area contributed by atoms with E-state index >= 15 is 0 Å². The summed E-state index contributed by atoms with van der Waals surface area (Å²) in [6.45, 7) is 11.2. The predicted molar refractivity (Wildman–Crippen MR) is 180 cm³/mol. The number of rotatable bonds is 6. The standard InChI is InChI=1S/C37H37N5O3/c1-5-41(6-2)36(43)25-9-12-29(13-10-25)38-32-23-33(44-34-22-28-19-24(3)7-8-26(28)20-30(32)34)27-11-14-31-35(21-27)45-37(39-31)42-17-15-40(4)16-18-42/h7-14,19-23H,5-6,15-18H2,1-4H3. The normalized spacial score (nSPS) is 14.6. The number of nitrogens with zero attached hydrogens (tertiary/aromatic N) is 5. The van der Waals surface area contributed by atoms with Crippen LogP contribution in [0, 0.1) is 6.92 Å². The molecule has 7 rings (SSSR count). The zero-order chi connectivity index (χ0) is 31.1. The molecule has 45 heavy (non-hydrogen) atoms. The number of benzene rings is 4. The molecule has 8 heteroatoms.